The highest BCUT2D eigenvalue weighted by Crippen LogP contribution is 2.35. The van der Waals surface area contributed by atoms with Gasteiger partial charge < -0.3 is 10.7 Å². The quantitative estimate of drug-likeness (QED) is 0.653. The highest BCUT2D eigenvalue weighted by Gasteiger charge is 2.15. The van der Waals surface area contributed by atoms with E-state index in [1.807, 2.05) is 0 Å². The molecule has 3 rings (SSSR count). The van der Waals surface area contributed by atoms with Gasteiger partial charge in [-0.15, -0.1) is 11.3 Å². The molecule has 0 saturated carbocycles. The number of benzene rings is 1. The summed E-state index contributed by atoms with van der Waals surface area (Å²) in [5, 5.41) is 3.52. The second-order valence-corrected chi connectivity index (χ2v) is 6.65. The summed E-state index contributed by atoms with van der Waals surface area (Å²) in [6, 6.07) is 8.88. The molecule has 3 aromatic rings. The molecule has 3 heteroatoms. The number of nitrogens with one attached hydrogen (secondary N) is 1. The molecule has 110 valence electrons. The highest BCUT2D eigenvalue weighted by atomic mass is 32.1. The van der Waals surface area contributed by atoms with Crippen LogP contribution in [-0.2, 0) is 6.42 Å². The molecule has 0 radical (unpaired) electrons. The van der Waals surface area contributed by atoms with Crippen LogP contribution in [0.25, 0.3) is 21.5 Å². The lowest BCUT2D eigenvalue weighted by Crippen LogP contribution is -1.99. The summed E-state index contributed by atoms with van der Waals surface area (Å²) in [5.41, 5.74) is 12.3. The number of thiophene rings is 1. The molecule has 2 nitrogen and oxygen atoms in total. The number of fused-ring (bicyclic) bond motifs is 1. The van der Waals surface area contributed by atoms with E-state index in [0.29, 0.717) is 0 Å². The van der Waals surface area contributed by atoms with Crippen LogP contribution in [0.1, 0.15) is 29.5 Å². The molecular formula is C18H22N2S. The number of aryl methyl sites for hydroxylation is 3. The maximum absolute atomic E-state index is 5.66. The molecule has 0 saturated heterocycles. The summed E-state index contributed by atoms with van der Waals surface area (Å²) in [7, 11) is 0. The van der Waals surface area contributed by atoms with Gasteiger partial charge in [0.1, 0.15) is 0 Å². The molecule has 1 aromatic carbocycles. The van der Waals surface area contributed by atoms with Gasteiger partial charge in [-0.1, -0.05) is 17.7 Å². The van der Waals surface area contributed by atoms with Crippen LogP contribution in [0.5, 0.6) is 0 Å². The number of nitrogens with two attached hydrogens (primary N) is 1. The van der Waals surface area contributed by atoms with E-state index < -0.39 is 0 Å². The monoisotopic (exact) mass is 298 g/mol. The molecule has 0 fully saturated rings. The Morgan fingerprint density at radius 2 is 2.05 bits per heavy atom. The SMILES string of the molecule is Cc1cc(C)c2[nH]c(-c3cccs3)c(CCCCN)c2c1. The molecule has 21 heavy (non-hydrogen) atoms. The maximum Gasteiger partial charge on any atom is 0.0598 e. The van der Waals surface area contributed by atoms with Crippen molar-refractivity contribution >= 4 is 22.2 Å². The van der Waals surface area contributed by atoms with Gasteiger partial charge in [-0.2, -0.15) is 0 Å². The fourth-order valence-corrected chi connectivity index (χ4v) is 3.80. The number of H-pyrrole nitrogens is 1. The van der Waals surface area contributed by atoms with Crippen LogP contribution in [-0.4, -0.2) is 11.5 Å². The largest absolute Gasteiger partial charge is 0.353 e. The Hall–Kier alpha value is -1.58. The van der Waals surface area contributed by atoms with E-state index in [0.717, 1.165) is 25.8 Å². The molecule has 0 amide bonds. The molecular weight excluding hydrogens is 276 g/mol. The Morgan fingerprint density at radius 1 is 1.19 bits per heavy atom. The summed E-state index contributed by atoms with van der Waals surface area (Å²) in [5.74, 6) is 0. The maximum atomic E-state index is 5.66. The molecule has 0 spiro atoms. The third-order valence-corrected chi connectivity index (χ3v) is 4.89. The predicted octanol–water partition coefficient (Wildman–Crippen LogP) is 4.79. The van der Waals surface area contributed by atoms with E-state index in [4.69, 9.17) is 5.73 Å². The molecule has 0 bridgehead atoms. The first-order valence-electron chi connectivity index (χ1n) is 7.56. The van der Waals surface area contributed by atoms with Crippen LogP contribution in [0.15, 0.2) is 29.6 Å². The number of hydrogen-bond donors (Lipinski definition) is 2. The lowest BCUT2D eigenvalue weighted by molar-refractivity contribution is 0.748. The number of aromatic amines is 1. The van der Waals surface area contributed by atoms with Gasteiger partial charge in [0.2, 0.25) is 0 Å². The zero-order valence-electron chi connectivity index (χ0n) is 12.7. The van der Waals surface area contributed by atoms with E-state index in [-0.39, 0.29) is 0 Å². The van der Waals surface area contributed by atoms with Crippen molar-refractivity contribution < 1.29 is 0 Å². The van der Waals surface area contributed by atoms with Gasteiger partial charge in [0.05, 0.1) is 10.6 Å². The fourth-order valence-electron chi connectivity index (χ4n) is 3.04. The Balaban J connectivity index is 2.16. The first-order valence-corrected chi connectivity index (χ1v) is 8.44. The van der Waals surface area contributed by atoms with Gasteiger partial charge in [-0.05, 0) is 68.3 Å². The minimum absolute atomic E-state index is 0.773. The van der Waals surface area contributed by atoms with Crippen molar-refractivity contribution in [2.24, 2.45) is 5.73 Å². The number of aromatic nitrogens is 1. The lowest BCUT2D eigenvalue weighted by Gasteiger charge is -2.04. The second kappa shape index (κ2) is 6.04. The van der Waals surface area contributed by atoms with Crippen molar-refractivity contribution in [3.63, 3.8) is 0 Å². The summed E-state index contributed by atoms with van der Waals surface area (Å²) >= 11 is 1.80. The molecule has 0 aliphatic heterocycles. The van der Waals surface area contributed by atoms with Gasteiger partial charge in [-0.25, -0.2) is 0 Å². The molecule has 0 atom stereocenters. The van der Waals surface area contributed by atoms with Gasteiger partial charge in [0, 0.05) is 10.9 Å². The molecule has 0 aliphatic rings. The minimum Gasteiger partial charge on any atom is -0.353 e. The molecule has 2 heterocycles. The normalized spacial score (nSPS) is 11.4. The Bertz CT molecular complexity index is 738. The number of rotatable bonds is 5. The summed E-state index contributed by atoms with van der Waals surface area (Å²) in [6.45, 7) is 5.14. The third-order valence-electron chi connectivity index (χ3n) is 4.01. The van der Waals surface area contributed by atoms with Crippen molar-refractivity contribution in [3.05, 3.63) is 46.3 Å². The zero-order chi connectivity index (χ0) is 14.8. The average Bonchev–Trinajstić information content (AvgIpc) is 3.07. The van der Waals surface area contributed by atoms with Crippen molar-refractivity contribution in [1.82, 2.24) is 4.98 Å². The van der Waals surface area contributed by atoms with Gasteiger partial charge in [0.25, 0.3) is 0 Å². The topological polar surface area (TPSA) is 41.8 Å². The van der Waals surface area contributed by atoms with Crippen molar-refractivity contribution in [2.75, 3.05) is 6.54 Å². The first kappa shape index (κ1) is 14.4. The van der Waals surface area contributed by atoms with Crippen LogP contribution >= 0.6 is 11.3 Å². The second-order valence-electron chi connectivity index (χ2n) is 5.71. The van der Waals surface area contributed by atoms with Crippen molar-refractivity contribution in [1.29, 1.82) is 0 Å². The number of hydrogen-bond acceptors (Lipinski definition) is 2. The predicted molar refractivity (Wildman–Crippen MR) is 93.1 cm³/mol. The van der Waals surface area contributed by atoms with E-state index >= 15 is 0 Å². The number of unbranched alkanes of at least 4 members (excludes halogenated alkanes) is 1. The molecule has 2 aromatic heterocycles. The van der Waals surface area contributed by atoms with Crippen LogP contribution in [0.2, 0.25) is 0 Å². The fraction of sp³-hybridized carbons (Fsp3) is 0.333. The van der Waals surface area contributed by atoms with Crippen molar-refractivity contribution in [3.8, 4) is 10.6 Å². The minimum atomic E-state index is 0.773. The van der Waals surface area contributed by atoms with Crippen molar-refractivity contribution in [2.45, 2.75) is 33.1 Å². The van der Waals surface area contributed by atoms with Gasteiger partial charge in [0.15, 0.2) is 0 Å². The first-order chi connectivity index (χ1) is 10.2. The molecule has 0 unspecified atom stereocenters. The van der Waals surface area contributed by atoms with Gasteiger partial charge >= 0.3 is 0 Å². The Morgan fingerprint density at radius 3 is 2.76 bits per heavy atom. The van der Waals surface area contributed by atoms with E-state index in [2.05, 4.69) is 48.5 Å². The summed E-state index contributed by atoms with van der Waals surface area (Å²) in [4.78, 5) is 4.99. The van der Waals surface area contributed by atoms with Gasteiger partial charge in [-0.3, -0.25) is 0 Å². The van der Waals surface area contributed by atoms with E-state index in [1.54, 1.807) is 11.3 Å². The van der Waals surface area contributed by atoms with Crippen LogP contribution in [0.3, 0.4) is 0 Å². The smallest absolute Gasteiger partial charge is 0.0598 e. The van der Waals surface area contributed by atoms with Crippen LogP contribution in [0, 0.1) is 13.8 Å². The van der Waals surface area contributed by atoms with Crippen LogP contribution in [0.4, 0.5) is 0 Å². The highest BCUT2D eigenvalue weighted by molar-refractivity contribution is 7.13. The Labute approximate surface area is 130 Å². The zero-order valence-corrected chi connectivity index (χ0v) is 13.5. The van der Waals surface area contributed by atoms with E-state index in [9.17, 15) is 0 Å². The third kappa shape index (κ3) is 2.76. The summed E-state index contributed by atoms with van der Waals surface area (Å²) < 4.78 is 0. The lowest BCUT2D eigenvalue weighted by atomic mass is 10.0. The van der Waals surface area contributed by atoms with Crippen LogP contribution < -0.4 is 5.73 Å². The van der Waals surface area contributed by atoms with E-state index in [1.165, 1.54) is 38.2 Å². The Kier molecular flexibility index (Phi) is 4.13. The molecule has 3 N–H and O–H groups in total. The standard InChI is InChI=1S/C18H22N2S/c1-12-10-13(2)17-15(11-12)14(6-3-4-8-19)18(20-17)16-7-5-9-21-16/h5,7,9-11,20H,3-4,6,8,19H2,1-2H3. The molecule has 0 aliphatic carbocycles. The summed E-state index contributed by atoms with van der Waals surface area (Å²) in [6.07, 6.45) is 3.32. The average molecular weight is 298 g/mol.